The van der Waals surface area contributed by atoms with Crippen LogP contribution in [0.1, 0.15) is 194 Å². The third-order valence-electron chi connectivity index (χ3n) is 13.6. The summed E-state index contributed by atoms with van der Waals surface area (Å²) in [5.41, 5.74) is 5.36. The van der Waals surface area contributed by atoms with Crippen LogP contribution in [0.2, 0.25) is 0 Å². The first-order chi connectivity index (χ1) is 28.0. The molecule has 0 saturated heterocycles. The molecule has 58 heavy (non-hydrogen) atoms. The van der Waals surface area contributed by atoms with Crippen LogP contribution < -0.4 is 5.73 Å². The number of nitrogens with two attached hydrogens (primary N) is 1. The Labute approximate surface area is 351 Å². The fraction of sp³-hybridized carbons (Fsp3) is 0.935. The van der Waals surface area contributed by atoms with Crippen molar-refractivity contribution in [2.45, 2.75) is 206 Å². The fourth-order valence-electron chi connectivity index (χ4n) is 9.39. The summed E-state index contributed by atoms with van der Waals surface area (Å²) in [7, 11) is -4.71. The van der Waals surface area contributed by atoms with Gasteiger partial charge in [-0.05, 0) is 98.7 Å². The number of carbonyl (C=O) groups excluding carboxylic acids is 2. The number of rotatable bonds is 38. The zero-order valence-electron chi connectivity index (χ0n) is 36.4. The molecule has 12 heteroatoms. The smallest absolute Gasteiger partial charge is 0.472 e. The van der Waals surface area contributed by atoms with E-state index in [9.17, 15) is 23.8 Å². The second-order valence-corrected chi connectivity index (χ2v) is 20.4. The molecule has 336 valence electrons. The van der Waals surface area contributed by atoms with E-state index in [4.69, 9.17) is 29.4 Å². The molecule has 4 saturated carbocycles. The Hall–Kier alpha value is -1.52. The van der Waals surface area contributed by atoms with E-state index in [0.717, 1.165) is 79.4 Å². The van der Waals surface area contributed by atoms with Gasteiger partial charge in [-0.2, -0.15) is 0 Å². The minimum Gasteiger partial charge on any atom is -0.480 e. The Morgan fingerprint density at radius 2 is 0.966 bits per heavy atom. The molecule has 0 spiro atoms. The van der Waals surface area contributed by atoms with E-state index in [0.29, 0.717) is 12.8 Å². The van der Waals surface area contributed by atoms with Gasteiger partial charge in [0.15, 0.2) is 6.10 Å². The minimum absolute atomic E-state index is 0.179. The van der Waals surface area contributed by atoms with Gasteiger partial charge in [0.2, 0.25) is 0 Å². The highest BCUT2D eigenvalue weighted by Crippen LogP contribution is 2.55. The molecule has 0 aromatic carbocycles. The third-order valence-corrected chi connectivity index (χ3v) is 14.6. The molecule has 4 aliphatic carbocycles. The molecule has 0 aliphatic heterocycles. The Bertz CT molecular complexity index is 1250. The van der Waals surface area contributed by atoms with Crippen molar-refractivity contribution in [1.82, 2.24) is 0 Å². The topological polar surface area (TPSA) is 172 Å². The van der Waals surface area contributed by atoms with Crippen molar-refractivity contribution < 1.29 is 47.5 Å². The Balaban J connectivity index is 1.02. The molecule has 0 heterocycles. The van der Waals surface area contributed by atoms with Crippen molar-refractivity contribution in [3.8, 4) is 0 Å². The molecule has 4 rings (SSSR count). The van der Waals surface area contributed by atoms with Gasteiger partial charge >= 0.3 is 25.7 Å². The number of ether oxygens (including phenoxy) is 2. The maximum Gasteiger partial charge on any atom is 0.472 e. The number of esters is 2. The van der Waals surface area contributed by atoms with Crippen molar-refractivity contribution in [2.24, 2.45) is 53.1 Å². The van der Waals surface area contributed by atoms with Gasteiger partial charge in [0.1, 0.15) is 12.6 Å². The first kappa shape index (κ1) is 49.1. The summed E-state index contributed by atoms with van der Waals surface area (Å²) in [5.74, 6) is 5.53. The first-order valence-electron chi connectivity index (χ1n) is 23.9. The summed E-state index contributed by atoms with van der Waals surface area (Å²) in [6.45, 7) is 2.91. The van der Waals surface area contributed by atoms with E-state index in [-0.39, 0.29) is 19.4 Å². The molecule has 11 nitrogen and oxygen atoms in total. The van der Waals surface area contributed by atoms with Gasteiger partial charge in [-0.3, -0.25) is 23.4 Å². The number of phosphoric acid groups is 1. The molecule has 4 aliphatic rings. The molecular formula is C46H82NO10P. The lowest BCUT2D eigenvalue weighted by Gasteiger charge is -2.20. The monoisotopic (exact) mass is 840 g/mol. The normalized spacial score (nSPS) is 27.7. The summed E-state index contributed by atoms with van der Waals surface area (Å²) in [6, 6.07) is -1.51. The molecule has 0 aromatic rings. The minimum atomic E-state index is -4.71. The van der Waals surface area contributed by atoms with Gasteiger partial charge in [0, 0.05) is 12.8 Å². The SMILES string of the molecule is CCCCCC1CC1CC1CC1CCCCCCCC(=O)OC[C@H](COP(=O)(O)OCC(N)C(=O)O)OC(=O)CCCCCCCC1CC1CC1CC1CCCCC. The Kier molecular flexibility index (Phi) is 22.7. The van der Waals surface area contributed by atoms with Gasteiger partial charge in [0.25, 0.3) is 0 Å². The average molecular weight is 840 g/mol. The van der Waals surface area contributed by atoms with E-state index < -0.39 is 51.1 Å². The number of hydrogen-bond acceptors (Lipinski definition) is 9. The van der Waals surface area contributed by atoms with Crippen molar-refractivity contribution in [1.29, 1.82) is 0 Å². The number of carboxylic acid groups (broad SMARTS) is 1. The lowest BCUT2D eigenvalue weighted by molar-refractivity contribution is -0.161. The molecule has 0 bridgehead atoms. The molecule has 0 amide bonds. The van der Waals surface area contributed by atoms with E-state index in [1.165, 1.54) is 122 Å². The number of phosphoric ester groups is 1. The predicted molar refractivity (Wildman–Crippen MR) is 227 cm³/mol. The van der Waals surface area contributed by atoms with Crippen molar-refractivity contribution in [3.05, 3.63) is 0 Å². The second kappa shape index (κ2) is 26.7. The highest BCUT2D eigenvalue weighted by Gasteiger charge is 2.45. The van der Waals surface area contributed by atoms with Gasteiger partial charge in [0.05, 0.1) is 13.2 Å². The summed E-state index contributed by atoms with van der Waals surface area (Å²) >= 11 is 0. The fourth-order valence-corrected chi connectivity index (χ4v) is 10.2. The van der Waals surface area contributed by atoms with Crippen LogP contribution in [-0.2, 0) is 37.5 Å². The molecule has 4 N–H and O–H groups in total. The summed E-state index contributed by atoms with van der Waals surface area (Å²) in [6.07, 6.45) is 31.9. The quantitative estimate of drug-likeness (QED) is 0.0307. The van der Waals surface area contributed by atoms with Crippen LogP contribution >= 0.6 is 7.82 Å². The van der Waals surface area contributed by atoms with Crippen LogP contribution in [0.25, 0.3) is 0 Å². The maximum absolute atomic E-state index is 12.7. The second-order valence-electron chi connectivity index (χ2n) is 18.9. The highest BCUT2D eigenvalue weighted by molar-refractivity contribution is 7.47. The number of aliphatic carboxylic acids is 1. The molecule has 0 radical (unpaired) electrons. The van der Waals surface area contributed by atoms with Crippen LogP contribution in [0, 0.1) is 47.3 Å². The van der Waals surface area contributed by atoms with Crippen LogP contribution in [-0.4, -0.2) is 59.9 Å². The first-order valence-corrected chi connectivity index (χ1v) is 25.4. The van der Waals surface area contributed by atoms with Crippen molar-refractivity contribution in [3.63, 3.8) is 0 Å². The zero-order valence-corrected chi connectivity index (χ0v) is 37.3. The molecule has 10 unspecified atom stereocenters. The summed E-state index contributed by atoms with van der Waals surface area (Å²) in [4.78, 5) is 46.3. The lowest BCUT2D eigenvalue weighted by atomic mass is 10.0. The summed E-state index contributed by atoms with van der Waals surface area (Å²) in [5, 5.41) is 8.92. The zero-order chi connectivity index (χ0) is 41.8. The van der Waals surface area contributed by atoms with E-state index in [1.54, 1.807) is 0 Å². The van der Waals surface area contributed by atoms with Gasteiger partial charge in [-0.15, -0.1) is 0 Å². The van der Waals surface area contributed by atoms with Crippen molar-refractivity contribution in [2.75, 3.05) is 19.8 Å². The highest BCUT2D eigenvalue weighted by atomic mass is 31.2. The average Bonchev–Trinajstić information content (AvgIpc) is 4.02. The third kappa shape index (κ3) is 21.3. The van der Waals surface area contributed by atoms with Gasteiger partial charge < -0.3 is 25.2 Å². The standard InChI is InChI=1S/C46H82NO10P/c1-3-5-13-19-34-25-38(34)29-40-27-36(40)21-15-9-7-11-17-23-44(48)54-31-42(32-55-58(52,53)56-33-43(47)46(50)51)57-45(49)24-18-12-8-10-16-22-37-28-41(37)30-39-26-35(39)20-14-6-4-2/h34-43H,3-33,47H2,1-2H3,(H,50,51)(H,52,53)/t34?,35?,36?,37?,38?,39?,40?,41?,42-,43?/m1/s1. The van der Waals surface area contributed by atoms with Crippen LogP contribution in [0.5, 0.6) is 0 Å². The predicted octanol–water partition coefficient (Wildman–Crippen LogP) is 10.9. The maximum atomic E-state index is 12.7. The van der Waals surface area contributed by atoms with Crippen LogP contribution in [0.4, 0.5) is 0 Å². The van der Waals surface area contributed by atoms with Gasteiger partial charge in [-0.25, -0.2) is 4.57 Å². The molecule has 11 atom stereocenters. The number of carbonyl (C=O) groups is 3. The molecular weight excluding hydrogens is 757 g/mol. The van der Waals surface area contributed by atoms with Crippen LogP contribution in [0.15, 0.2) is 0 Å². The largest absolute Gasteiger partial charge is 0.480 e. The molecule has 4 fully saturated rings. The lowest BCUT2D eigenvalue weighted by Crippen LogP contribution is -2.34. The van der Waals surface area contributed by atoms with E-state index in [2.05, 4.69) is 13.8 Å². The Morgan fingerprint density at radius 1 is 0.569 bits per heavy atom. The summed E-state index contributed by atoms with van der Waals surface area (Å²) < 4.78 is 32.9. The van der Waals surface area contributed by atoms with E-state index in [1.807, 2.05) is 0 Å². The number of unbranched alkanes of at least 4 members (excludes halogenated alkanes) is 12. The number of carboxylic acids is 1. The molecule has 0 aromatic heterocycles. The van der Waals surface area contributed by atoms with Gasteiger partial charge in [-0.1, -0.05) is 129 Å². The Morgan fingerprint density at radius 3 is 1.41 bits per heavy atom. The van der Waals surface area contributed by atoms with E-state index >= 15 is 0 Å². The number of hydrogen-bond donors (Lipinski definition) is 3. The van der Waals surface area contributed by atoms with Crippen molar-refractivity contribution >= 4 is 25.7 Å². The van der Waals surface area contributed by atoms with Crippen LogP contribution in [0.3, 0.4) is 0 Å².